The molecular weight excluding hydrogens is 200 g/mol. The number of benzene rings is 1. The van der Waals surface area contributed by atoms with Gasteiger partial charge in [0.05, 0.1) is 6.04 Å². The molecule has 3 heteroatoms. The van der Waals surface area contributed by atoms with E-state index in [1.54, 1.807) is 6.08 Å². The van der Waals surface area contributed by atoms with Crippen LogP contribution in [-0.2, 0) is 0 Å². The lowest BCUT2D eigenvalue weighted by Gasteiger charge is -2.13. The number of carbonyl (C=O) groups excluding carboxylic acids is 1. The summed E-state index contributed by atoms with van der Waals surface area (Å²) >= 11 is 0. The topological polar surface area (TPSA) is 55.1 Å². The molecule has 1 aromatic rings. The molecule has 3 nitrogen and oxygen atoms in total. The van der Waals surface area contributed by atoms with Gasteiger partial charge in [-0.3, -0.25) is 0 Å². The van der Waals surface area contributed by atoms with Gasteiger partial charge in [-0.05, 0) is 22.9 Å². The van der Waals surface area contributed by atoms with Crippen LogP contribution in [0.25, 0.3) is 12.2 Å². The Morgan fingerprint density at radius 1 is 1.50 bits per heavy atom. The third-order valence-corrected chi connectivity index (χ3v) is 2.37. The summed E-state index contributed by atoms with van der Waals surface area (Å²) in [5.74, 6) is 0. The second-order valence-corrected chi connectivity index (χ2v) is 3.55. The average Bonchev–Trinajstić information content (AvgIpc) is 2.20. The molecule has 16 heavy (non-hydrogen) atoms. The van der Waals surface area contributed by atoms with Crippen LogP contribution >= 0.6 is 0 Å². The van der Waals surface area contributed by atoms with E-state index in [-0.39, 0.29) is 6.04 Å². The minimum Gasteiger partial charge on any atom is -0.352 e. The zero-order valence-electron chi connectivity index (χ0n) is 9.36. The Balaban J connectivity index is 3.31. The molecule has 0 saturated heterocycles. The fraction of sp³-hybridized carbons (Fsp3) is 0.154. The van der Waals surface area contributed by atoms with Crippen LogP contribution in [0.4, 0.5) is 4.79 Å². The van der Waals surface area contributed by atoms with Crippen molar-refractivity contribution >= 4 is 18.2 Å². The fourth-order valence-corrected chi connectivity index (χ4v) is 1.61. The van der Waals surface area contributed by atoms with Crippen LogP contribution < -0.4 is 21.5 Å². The summed E-state index contributed by atoms with van der Waals surface area (Å²) in [5.41, 5.74) is 6.00. The largest absolute Gasteiger partial charge is 0.352 e. The number of carbonyl (C=O) groups is 1. The van der Waals surface area contributed by atoms with Crippen molar-refractivity contribution in [1.29, 1.82) is 0 Å². The molecule has 0 spiro atoms. The predicted octanol–water partition coefficient (Wildman–Crippen LogP) is 0.490. The van der Waals surface area contributed by atoms with Crippen LogP contribution in [0.2, 0.25) is 0 Å². The molecule has 0 unspecified atom stereocenters. The molecule has 0 heterocycles. The van der Waals surface area contributed by atoms with Gasteiger partial charge >= 0.3 is 6.03 Å². The van der Waals surface area contributed by atoms with Gasteiger partial charge < -0.3 is 11.1 Å². The molecule has 0 radical (unpaired) electrons. The number of nitrogens with two attached hydrogens (primary N) is 1. The van der Waals surface area contributed by atoms with E-state index < -0.39 is 6.03 Å². The molecule has 0 saturated carbocycles. The van der Waals surface area contributed by atoms with Crippen molar-refractivity contribution in [3.05, 3.63) is 47.4 Å². The highest BCUT2D eigenvalue weighted by atomic mass is 16.2. The second-order valence-electron chi connectivity index (χ2n) is 3.55. The van der Waals surface area contributed by atoms with Crippen molar-refractivity contribution in [2.75, 3.05) is 0 Å². The summed E-state index contributed by atoms with van der Waals surface area (Å²) in [6.07, 6.45) is 1.71. The Morgan fingerprint density at radius 2 is 2.12 bits per heavy atom. The Kier molecular flexibility index (Phi) is 3.89. The van der Waals surface area contributed by atoms with Crippen LogP contribution in [0.15, 0.2) is 36.9 Å². The van der Waals surface area contributed by atoms with E-state index in [4.69, 9.17) is 5.73 Å². The summed E-state index contributed by atoms with van der Waals surface area (Å²) in [6, 6.07) is 6.96. The fourth-order valence-electron chi connectivity index (χ4n) is 1.61. The molecule has 0 aliphatic heterocycles. The van der Waals surface area contributed by atoms with Gasteiger partial charge in [-0.25, -0.2) is 4.79 Å². The Hall–Kier alpha value is -2.03. The van der Waals surface area contributed by atoms with Gasteiger partial charge in [-0.2, -0.15) is 0 Å². The molecule has 0 aliphatic rings. The summed E-state index contributed by atoms with van der Waals surface area (Å²) in [5, 5.41) is 4.49. The lowest BCUT2D eigenvalue weighted by atomic mass is 10.0. The monoisotopic (exact) mass is 216 g/mol. The lowest BCUT2D eigenvalue weighted by molar-refractivity contribution is 0.248. The van der Waals surface area contributed by atoms with E-state index in [9.17, 15) is 4.79 Å². The Morgan fingerprint density at radius 3 is 2.62 bits per heavy atom. The maximum absolute atomic E-state index is 10.8. The van der Waals surface area contributed by atoms with Crippen molar-refractivity contribution in [2.24, 2.45) is 5.73 Å². The highest BCUT2D eigenvalue weighted by Gasteiger charge is 2.07. The summed E-state index contributed by atoms with van der Waals surface area (Å²) in [4.78, 5) is 10.8. The first-order valence-electron chi connectivity index (χ1n) is 5.03. The van der Waals surface area contributed by atoms with Crippen LogP contribution in [-0.4, -0.2) is 12.1 Å². The molecule has 0 bridgehead atoms. The first kappa shape index (κ1) is 12.0. The number of urea groups is 1. The van der Waals surface area contributed by atoms with Gasteiger partial charge in [0, 0.05) is 0 Å². The van der Waals surface area contributed by atoms with E-state index in [0.717, 1.165) is 16.0 Å². The van der Waals surface area contributed by atoms with Gasteiger partial charge in [-0.15, -0.1) is 0 Å². The first-order chi connectivity index (χ1) is 7.56. The molecule has 1 atom stereocenters. The molecule has 0 fully saturated rings. The molecule has 2 amide bonds. The highest BCUT2D eigenvalue weighted by Crippen LogP contribution is 2.01. The number of hydrogen-bond donors (Lipinski definition) is 2. The zero-order chi connectivity index (χ0) is 12.1. The molecule has 1 rings (SSSR count). The third kappa shape index (κ3) is 2.73. The van der Waals surface area contributed by atoms with Crippen LogP contribution in [0, 0.1) is 0 Å². The Bertz CT molecular complexity index is 505. The summed E-state index contributed by atoms with van der Waals surface area (Å²) in [7, 11) is 0. The van der Waals surface area contributed by atoms with E-state index >= 15 is 0 Å². The maximum Gasteiger partial charge on any atom is 0.312 e. The number of rotatable bonds is 3. The summed E-state index contributed by atoms with van der Waals surface area (Å²) in [6.45, 7) is 9.54. The van der Waals surface area contributed by atoms with Crippen molar-refractivity contribution in [2.45, 2.75) is 13.0 Å². The number of amides is 2. The molecule has 84 valence electrons. The lowest BCUT2D eigenvalue weighted by Crippen LogP contribution is -2.40. The highest BCUT2D eigenvalue weighted by molar-refractivity contribution is 5.75. The minimum absolute atomic E-state index is 0.183. The third-order valence-electron chi connectivity index (χ3n) is 2.37. The van der Waals surface area contributed by atoms with Crippen LogP contribution in [0.5, 0.6) is 0 Å². The first-order valence-corrected chi connectivity index (χ1v) is 5.03. The van der Waals surface area contributed by atoms with Gasteiger partial charge in [0.2, 0.25) is 0 Å². The van der Waals surface area contributed by atoms with Crippen LogP contribution in [0.3, 0.4) is 0 Å². The SMILES string of the molecule is C=C/C(=c1/ccccc1=C)[C@@H](C)NC(N)=O. The zero-order valence-corrected chi connectivity index (χ0v) is 9.36. The molecular formula is C13H16N2O. The maximum atomic E-state index is 10.8. The number of hydrogen-bond acceptors (Lipinski definition) is 1. The molecule has 0 aliphatic carbocycles. The minimum atomic E-state index is -0.548. The number of primary amides is 1. The van der Waals surface area contributed by atoms with Crippen molar-refractivity contribution in [3.63, 3.8) is 0 Å². The van der Waals surface area contributed by atoms with E-state index in [0.29, 0.717) is 0 Å². The van der Waals surface area contributed by atoms with Crippen molar-refractivity contribution in [1.82, 2.24) is 5.32 Å². The van der Waals surface area contributed by atoms with Crippen molar-refractivity contribution in [3.8, 4) is 0 Å². The standard InChI is InChI=1S/C13H16N2O/c1-4-11(10(3)15-13(14)16)12-8-6-5-7-9(12)2/h4-8,10H,1-2H2,3H3,(H3,14,15,16)/b12-11+/t10-/m1/s1. The van der Waals surface area contributed by atoms with E-state index in [1.165, 1.54) is 0 Å². The summed E-state index contributed by atoms with van der Waals surface area (Å²) < 4.78 is 0. The van der Waals surface area contributed by atoms with Gasteiger partial charge in [-0.1, -0.05) is 43.5 Å². The molecule has 0 aromatic heterocycles. The van der Waals surface area contributed by atoms with E-state index in [2.05, 4.69) is 18.5 Å². The predicted molar refractivity (Wildman–Crippen MR) is 67.0 cm³/mol. The average molecular weight is 216 g/mol. The smallest absolute Gasteiger partial charge is 0.312 e. The van der Waals surface area contributed by atoms with Gasteiger partial charge in [0.25, 0.3) is 0 Å². The van der Waals surface area contributed by atoms with Crippen molar-refractivity contribution < 1.29 is 4.79 Å². The second kappa shape index (κ2) is 5.16. The Labute approximate surface area is 95.0 Å². The normalized spacial score (nSPS) is 13.8. The van der Waals surface area contributed by atoms with Crippen LogP contribution in [0.1, 0.15) is 6.92 Å². The van der Waals surface area contributed by atoms with Gasteiger partial charge in [0.15, 0.2) is 0 Å². The van der Waals surface area contributed by atoms with E-state index in [1.807, 2.05) is 31.2 Å². The number of nitrogens with one attached hydrogen (secondary N) is 1. The molecule has 1 aromatic carbocycles. The quantitative estimate of drug-likeness (QED) is 0.759. The van der Waals surface area contributed by atoms with Gasteiger partial charge in [0.1, 0.15) is 0 Å². The molecule has 3 N–H and O–H groups in total.